The molecular weight excluding hydrogens is 180 g/mol. The number of carbonyl (C=O) groups is 1. The Bertz CT molecular complexity index is 215. The number of nitrogens with zero attached hydrogens (tertiary/aromatic N) is 1. The molecule has 0 bridgehead atoms. The lowest BCUT2D eigenvalue weighted by atomic mass is 10.1. The lowest BCUT2D eigenvalue weighted by Gasteiger charge is -2.08. The molecule has 0 saturated heterocycles. The quantitative estimate of drug-likeness (QED) is 0.532. The van der Waals surface area contributed by atoms with Crippen LogP contribution in [0.3, 0.4) is 0 Å². The summed E-state index contributed by atoms with van der Waals surface area (Å²) in [5, 5.41) is 5.20. The molecule has 1 aliphatic heterocycles. The molecule has 14 heavy (non-hydrogen) atoms. The topological polar surface area (TPSA) is 79.5 Å². The summed E-state index contributed by atoms with van der Waals surface area (Å²) in [5.41, 5.74) is 5.48. The summed E-state index contributed by atoms with van der Waals surface area (Å²) in [6.45, 7) is 1.41. The Hall–Kier alpha value is -1.26. The monoisotopic (exact) mass is 198 g/mol. The van der Waals surface area contributed by atoms with Gasteiger partial charge in [-0.3, -0.25) is 10.3 Å². The molecule has 0 aromatic carbocycles. The van der Waals surface area contributed by atoms with Crippen LogP contribution in [0.25, 0.3) is 0 Å². The lowest BCUT2D eigenvalue weighted by molar-refractivity contribution is 0.245. The number of hydrogen-bond donors (Lipinski definition) is 3. The SMILES string of the molecule is NC1=NCCCCCCCNC(=O)N1. The molecule has 0 aliphatic carbocycles. The molecule has 1 heterocycles. The summed E-state index contributed by atoms with van der Waals surface area (Å²) in [6.07, 6.45) is 5.64. The van der Waals surface area contributed by atoms with Gasteiger partial charge in [-0.25, -0.2) is 4.79 Å². The first kappa shape index (κ1) is 10.8. The average Bonchev–Trinajstić information content (AvgIpc) is 2.13. The molecule has 1 rings (SSSR count). The van der Waals surface area contributed by atoms with Crippen LogP contribution in [-0.2, 0) is 0 Å². The van der Waals surface area contributed by atoms with E-state index in [2.05, 4.69) is 15.6 Å². The predicted molar refractivity (Wildman–Crippen MR) is 56.1 cm³/mol. The summed E-state index contributed by atoms with van der Waals surface area (Å²) in [6, 6.07) is -0.258. The molecule has 4 N–H and O–H groups in total. The van der Waals surface area contributed by atoms with Crippen molar-refractivity contribution < 1.29 is 4.79 Å². The molecule has 5 nitrogen and oxygen atoms in total. The largest absolute Gasteiger partial charge is 0.370 e. The number of hydrogen-bond acceptors (Lipinski definition) is 3. The van der Waals surface area contributed by atoms with Gasteiger partial charge in [0.15, 0.2) is 5.96 Å². The van der Waals surface area contributed by atoms with Gasteiger partial charge in [-0.15, -0.1) is 0 Å². The van der Waals surface area contributed by atoms with Crippen molar-refractivity contribution in [1.29, 1.82) is 0 Å². The Morgan fingerprint density at radius 2 is 1.86 bits per heavy atom. The third kappa shape index (κ3) is 4.69. The smallest absolute Gasteiger partial charge is 0.321 e. The van der Waals surface area contributed by atoms with E-state index < -0.39 is 0 Å². The van der Waals surface area contributed by atoms with Crippen LogP contribution in [0.4, 0.5) is 4.79 Å². The fraction of sp³-hybridized carbons (Fsp3) is 0.778. The van der Waals surface area contributed by atoms with E-state index in [9.17, 15) is 4.79 Å². The van der Waals surface area contributed by atoms with Crippen LogP contribution in [0.15, 0.2) is 4.99 Å². The Morgan fingerprint density at radius 3 is 2.71 bits per heavy atom. The molecule has 1 aliphatic rings. The molecule has 0 saturated carbocycles. The van der Waals surface area contributed by atoms with Gasteiger partial charge in [-0.2, -0.15) is 0 Å². The molecule has 5 heteroatoms. The number of amides is 2. The zero-order valence-electron chi connectivity index (χ0n) is 8.38. The van der Waals surface area contributed by atoms with Crippen molar-refractivity contribution in [1.82, 2.24) is 10.6 Å². The van der Waals surface area contributed by atoms with Crippen LogP contribution in [0.2, 0.25) is 0 Å². The van der Waals surface area contributed by atoms with Crippen molar-refractivity contribution in [3.63, 3.8) is 0 Å². The van der Waals surface area contributed by atoms with Crippen LogP contribution in [0.1, 0.15) is 32.1 Å². The molecule has 0 aromatic rings. The molecule has 0 atom stereocenters. The van der Waals surface area contributed by atoms with Gasteiger partial charge in [0.1, 0.15) is 0 Å². The van der Waals surface area contributed by atoms with Crippen molar-refractivity contribution >= 4 is 12.0 Å². The van der Waals surface area contributed by atoms with Gasteiger partial charge in [0.05, 0.1) is 0 Å². The van der Waals surface area contributed by atoms with Gasteiger partial charge in [0, 0.05) is 13.1 Å². The van der Waals surface area contributed by atoms with Crippen molar-refractivity contribution in [2.24, 2.45) is 10.7 Å². The van der Waals surface area contributed by atoms with Crippen LogP contribution in [0.5, 0.6) is 0 Å². The molecule has 0 spiro atoms. The van der Waals surface area contributed by atoms with E-state index in [1.54, 1.807) is 0 Å². The number of aliphatic imine (C=N–C) groups is 1. The van der Waals surface area contributed by atoms with E-state index >= 15 is 0 Å². The highest BCUT2D eigenvalue weighted by Crippen LogP contribution is 2.02. The summed E-state index contributed by atoms with van der Waals surface area (Å²) in [7, 11) is 0. The maximum Gasteiger partial charge on any atom is 0.321 e. The predicted octanol–water partition coefficient (Wildman–Crippen LogP) is 0.564. The van der Waals surface area contributed by atoms with E-state index in [0.29, 0.717) is 13.1 Å². The van der Waals surface area contributed by atoms with Gasteiger partial charge in [-0.05, 0) is 12.8 Å². The number of nitrogens with one attached hydrogen (secondary N) is 2. The normalized spacial score (nSPS) is 20.9. The number of rotatable bonds is 0. The first-order chi connectivity index (χ1) is 6.79. The van der Waals surface area contributed by atoms with Gasteiger partial charge in [0.2, 0.25) is 0 Å². The maximum absolute atomic E-state index is 11.1. The second kappa shape index (κ2) is 6.23. The highest BCUT2D eigenvalue weighted by molar-refractivity contribution is 5.95. The zero-order chi connectivity index (χ0) is 10.2. The Labute approximate surface area is 84.1 Å². The summed E-state index contributed by atoms with van der Waals surface area (Å²) < 4.78 is 0. The van der Waals surface area contributed by atoms with Crippen LogP contribution >= 0.6 is 0 Å². The van der Waals surface area contributed by atoms with Gasteiger partial charge < -0.3 is 11.1 Å². The summed E-state index contributed by atoms with van der Waals surface area (Å²) >= 11 is 0. The summed E-state index contributed by atoms with van der Waals surface area (Å²) in [4.78, 5) is 15.2. The molecule has 0 unspecified atom stereocenters. The van der Waals surface area contributed by atoms with Crippen LogP contribution in [-0.4, -0.2) is 25.1 Å². The molecule has 80 valence electrons. The minimum Gasteiger partial charge on any atom is -0.370 e. The van der Waals surface area contributed by atoms with Gasteiger partial charge in [0.25, 0.3) is 0 Å². The number of carbonyl (C=O) groups excluding carboxylic acids is 1. The molecule has 0 radical (unpaired) electrons. The molecule has 0 fully saturated rings. The lowest BCUT2D eigenvalue weighted by Crippen LogP contribution is -2.43. The zero-order valence-corrected chi connectivity index (χ0v) is 8.38. The third-order valence-electron chi connectivity index (χ3n) is 2.14. The van der Waals surface area contributed by atoms with Gasteiger partial charge in [-0.1, -0.05) is 19.3 Å². The van der Waals surface area contributed by atoms with E-state index in [1.165, 1.54) is 19.3 Å². The highest BCUT2D eigenvalue weighted by Gasteiger charge is 2.02. The Kier molecular flexibility index (Phi) is 4.82. The first-order valence-electron chi connectivity index (χ1n) is 5.14. The number of urea groups is 1. The van der Waals surface area contributed by atoms with Crippen LogP contribution < -0.4 is 16.4 Å². The average molecular weight is 198 g/mol. The standard InChI is InChI=1S/C9H18N4O/c10-8-11-6-4-2-1-3-5-7-12-9(14)13-8/h1-7H2,(H4,10,11,12,13,14). The third-order valence-corrected chi connectivity index (χ3v) is 2.14. The molecular formula is C9H18N4O. The van der Waals surface area contributed by atoms with E-state index in [4.69, 9.17) is 5.73 Å². The van der Waals surface area contributed by atoms with Crippen molar-refractivity contribution in [2.75, 3.05) is 13.1 Å². The van der Waals surface area contributed by atoms with E-state index in [-0.39, 0.29) is 12.0 Å². The highest BCUT2D eigenvalue weighted by atomic mass is 16.2. The van der Waals surface area contributed by atoms with Gasteiger partial charge >= 0.3 is 6.03 Å². The maximum atomic E-state index is 11.1. The fourth-order valence-corrected chi connectivity index (χ4v) is 1.37. The van der Waals surface area contributed by atoms with Crippen LogP contribution in [0, 0.1) is 0 Å². The van der Waals surface area contributed by atoms with Crippen molar-refractivity contribution in [2.45, 2.75) is 32.1 Å². The number of guanidine groups is 1. The molecule has 0 aromatic heterocycles. The second-order valence-electron chi connectivity index (χ2n) is 3.42. The van der Waals surface area contributed by atoms with Crippen molar-refractivity contribution in [3.8, 4) is 0 Å². The minimum atomic E-state index is -0.258. The van der Waals surface area contributed by atoms with Crippen molar-refractivity contribution in [3.05, 3.63) is 0 Å². The molecule has 2 amide bonds. The number of nitrogens with two attached hydrogens (primary N) is 1. The Morgan fingerprint density at radius 1 is 1.14 bits per heavy atom. The fourth-order valence-electron chi connectivity index (χ4n) is 1.37. The van der Waals surface area contributed by atoms with E-state index in [0.717, 1.165) is 12.8 Å². The minimum absolute atomic E-state index is 0.211. The van der Waals surface area contributed by atoms with E-state index in [1.807, 2.05) is 0 Å². The summed E-state index contributed by atoms with van der Waals surface area (Å²) in [5.74, 6) is 0.211. The Balaban J connectivity index is 2.39. The second-order valence-corrected chi connectivity index (χ2v) is 3.42. The first-order valence-corrected chi connectivity index (χ1v) is 5.14.